The highest BCUT2D eigenvalue weighted by molar-refractivity contribution is 5.13. The maximum atomic E-state index is 6.17. The van der Waals surface area contributed by atoms with E-state index in [9.17, 15) is 0 Å². The Morgan fingerprint density at radius 2 is 1.54 bits per heavy atom. The molecule has 0 amide bonds. The van der Waals surface area contributed by atoms with E-state index in [0.717, 1.165) is 32.5 Å². The molecule has 1 saturated heterocycles. The van der Waals surface area contributed by atoms with Crippen LogP contribution in [0.4, 0.5) is 0 Å². The Morgan fingerprint density at radius 3 is 2.04 bits per heavy atom. The smallest absolute Gasteiger partial charge is 0.118 e. The number of rotatable bonds is 8. The molecule has 2 N–H and O–H groups in total. The lowest BCUT2D eigenvalue weighted by molar-refractivity contribution is 0.0637. The minimum absolute atomic E-state index is 0.375. The lowest BCUT2D eigenvalue weighted by Gasteiger charge is -2.34. The molecule has 0 radical (unpaired) electrons. The maximum absolute atomic E-state index is 6.17. The van der Waals surface area contributed by atoms with E-state index in [1.165, 1.54) is 62.8 Å². The summed E-state index contributed by atoms with van der Waals surface area (Å²) < 4.78 is 6.17. The largest absolute Gasteiger partial charge is 0.491 e. The first-order valence-electron chi connectivity index (χ1n) is 10.6. The van der Waals surface area contributed by atoms with Gasteiger partial charge in [-0.05, 0) is 38.8 Å². The van der Waals surface area contributed by atoms with Gasteiger partial charge in [0.1, 0.15) is 11.9 Å². The Kier molecular flexibility index (Phi) is 12.1. The second-order valence-corrected chi connectivity index (χ2v) is 7.16. The fraction of sp³-hybridized carbons (Fsp3) is 0.905. The fourth-order valence-corrected chi connectivity index (χ4v) is 3.42. The van der Waals surface area contributed by atoms with Gasteiger partial charge in [0.25, 0.3) is 0 Å². The van der Waals surface area contributed by atoms with Crippen molar-refractivity contribution in [3.8, 4) is 0 Å². The van der Waals surface area contributed by atoms with Gasteiger partial charge in [0, 0.05) is 11.6 Å². The molecule has 142 valence electrons. The third kappa shape index (κ3) is 7.92. The number of piperidine rings is 1. The molecule has 0 saturated carbocycles. The Morgan fingerprint density at radius 1 is 0.917 bits per heavy atom. The van der Waals surface area contributed by atoms with Crippen LogP contribution < -0.4 is 10.6 Å². The second-order valence-electron chi connectivity index (χ2n) is 7.16. The standard InChI is InChI=1S/C13H24N2O.C8H18/c1-3-11-9-15-12(4-2)13(16-11)10-5-7-14-8-6-10;1-3-5-7-8-6-4-2/h10-11,14-15H,3-9H2,1-2H3;3-8H2,1-2H3. The van der Waals surface area contributed by atoms with E-state index in [4.69, 9.17) is 4.74 Å². The van der Waals surface area contributed by atoms with Crippen LogP contribution in [0.25, 0.3) is 0 Å². The van der Waals surface area contributed by atoms with E-state index in [-0.39, 0.29) is 0 Å². The van der Waals surface area contributed by atoms with Gasteiger partial charge in [-0.25, -0.2) is 0 Å². The quantitative estimate of drug-likeness (QED) is 0.583. The van der Waals surface area contributed by atoms with Gasteiger partial charge < -0.3 is 15.4 Å². The molecule has 2 heterocycles. The van der Waals surface area contributed by atoms with Crippen molar-refractivity contribution in [3.63, 3.8) is 0 Å². The summed E-state index contributed by atoms with van der Waals surface area (Å²) in [6.07, 6.45) is 13.5. The van der Waals surface area contributed by atoms with Crippen molar-refractivity contribution in [2.45, 2.75) is 98.0 Å². The summed E-state index contributed by atoms with van der Waals surface area (Å²) >= 11 is 0. The molecule has 1 unspecified atom stereocenters. The van der Waals surface area contributed by atoms with E-state index in [1.807, 2.05) is 0 Å². The number of unbranched alkanes of at least 4 members (excludes halogenated alkanes) is 5. The van der Waals surface area contributed by atoms with Crippen LogP contribution in [0.1, 0.15) is 91.9 Å². The molecule has 0 spiro atoms. The van der Waals surface area contributed by atoms with Crippen LogP contribution in [0, 0.1) is 5.92 Å². The van der Waals surface area contributed by atoms with Crippen LogP contribution in [-0.4, -0.2) is 25.7 Å². The van der Waals surface area contributed by atoms with E-state index >= 15 is 0 Å². The summed E-state index contributed by atoms with van der Waals surface area (Å²) in [5.41, 5.74) is 1.34. The normalized spacial score (nSPS) is 21.6. The van der Waals surface area contributed by atoms with Crippen LogP contribution in [0.2, 0.25) is 0 Å². The summed E-state index contributed by atoms with van der Waals surface area (Å²) in [4.78, 5) is 0. The van der Waals surface area contributed by atoms with Crippen molar-refractivity contribution in [2.24, 2.45) is 5.92 Å². The van der Waals surface area contributed by atoms with Crippen LogP contribution in [0.5, 0.6) is 0 Å². The molecule has 0 bridgehead atoms. The number of allylic oxidation sites excluding steroid dienone is 2. The Balaban J connectivity index is 0.000000307. The van der Waals surface area contributed by atoms with Crippen LogP contribution in [0.3, 0.4) is 0 Å². The van der Waals surface area contributed by atoms with Gasteiger partial charge in [-0.3, -0.25) is 0 Å². The molecule has 2 aliphatic rings. The van der Waals surface area contributed by atoms with Gasteiger partial charge in [-0.1, -0.05) is 66.2 Å². The predicted molar refractivity (Wildman–Crippen MR) is 105 cm³/mol. The molecule has 0 aromatic rings. The maximum Gasteiger partial charge on any atom is 0.118 e. The van der Waals surface area contributed by atoms with E-state index in [0.29, 0.717) is 12.0 Å². The first-order chi connectivity index (χ1) is 11.8. The Bertz CT molecular complexity index is 329. The average Bonchev–Trinajstić information content (AvgIpc) is 2.66. The SMILES string of the molecule is CCC1=C(C2CCNCC2)OC(CC)CN1.CCCCCCCC. The first kappa shape index (κ1) is 21.3. The molecule has 1 atom stereocenters. The zero-order chi connectivity index (χ0) is 17.6. The van der Waals surface area contributed by atoms with Gasteiger partial charge in [-0.15, -0.1) is 0 Å². The molecule has 0 aromatic carbocycles. The summed E-state index contributed by atoms with van der Waals surface area (Å²) in [5.74, 6) is 1.90. The molecule has 2 aliphatic heterocycles. The van der Waals surface area contributed by atoms with Crippen LogP contribution in [0.15, 0.2) is 11.5 Å². The first-order valence-corrected chi connectivity index (χ1v) is 10.6. The monoisotopic (exact) mass is 338 g/mol. The minimum Gasteiger partial charge on any atom is -0.491 e. The second kappa shape index (κ2) is 13.6. The number of hydrogen-bond acceptors (Lipinski definition) is 3. The summed E-state index contributed by atoms with van der Waals surface area (Å²) in [6, 6.07) is 0. The van der Waals surface area contributed by atoms with Gasteiger partial charge in [0.15, 0.2) is 0 Å². The predicted octanol–water partition coefficient (Wildman–Crippen LogP) is 5.37. The lowest BCUT2D eigenvalue weighted by atomic mass is 9.93. The van der Waals surface area contributed by atoms with Crippen molar-refractivity contribution in [1.29, 1.82) is 0 Å². The van der Waals surface area contributed by atoms with Gasteiger partial charge in [0.05, 0.1) is 6.54 Å². The van der Waals surface area contributed by atoms with Gasteiger partial charge in [0.2, 0.25) is 0 Å². The molecule has 0 aromatic heterocycles. The molecule has 1 fully saturated rings. The Hall–Kier alpha value is -0.700. The number of nitrogens with one attached hydrogen (secondary N) is 2. The van der Waals surface area contributed by atoms with Gasteiger partial charge >= 0.3 is 0 Å². The Labute approximate surface area is 151 Å². The van der Waals surface area contributed by atoms with Crippen LogP contribution in [-0.2, 0) is 4.74 Å². The summed E-state index contributed by atoms with van der Waals surface area (Å²) in [5, 5.41) is 6.96. The molecule has 24 heavy (non-hydrogen) atoms. The number of ether oxygens (including phenoxy) is 1. The van der Waals surface area contributed by atoms with Crippen molar-refractivity contribution in [1.82, 2.24) is 10.6 Å². The third-order valence-electron chi connectivity index (χ3n) is 5.11. The highest BCUT2D eigenvalue weighted by Gasteiger charge is 2.27. The molecule has 0 aliphatic carbocycles. The van der Waals surface area contributed by atoms with Crippen LogP contribution >= 0.6 is 0 Å². The zero-order valence-corrected chi connectivity index (χ0v) is 16.8. The molecule has 2 rings (SSSR count). The molecular formula is C21H42N2O. The third-order valence-corrected chi connectivity index (χ3v) is 5.11. The topological polar surface area (TPSA) is 33.3 Å². The molecule has 3 heteroatoms. The highest BCUT2D eigenvalue weighted by Crippen LogP contribution is 2.29. The van der Waals surface area contributed by atoms with Crippen molar-refractivity contribution in [3.05, 3.63) is 11.5 Å². The van der Waals surface area contributed by atoms with Crippen molar-refractivity contribution >= 4 is 0 Å². The minimum atomic E-state index is 0.375. The van der Waals surface area contributed by atoms with Crippen molar-refractivity contribution in [2.75, 3.05) is 19.6 Å². The fourth-order valence-electron chi connectivity index (χ4n) is 3.42. The lowest BCUT2D eigenvalue weighted by Crippen LogP contribution is -2.38. The molecular weight excluding hydrogens is 296 g/mol. The van der Waals surface area contributed by atoms with E-state index < -0.39 is 0 Å². The molecule has 3 nitrogen and oxygen atoms in total. The van der Waals surface area contributed by atoms with E-state index in [2.05, 4.69) is 38.3 Å². The zero-order valence-electron chi connectivity index (χ0n) is 16.8. The highest BCUT2D eigenvalue weighted by atomic mass is 16.5. The van der Waals surface area contributed by atoms with Gasteiger partial charge in [-0.2, -0.15) is 0 Å². The van der Waals surface area contributed by atoms with E-state index in [1.54, 1.807) is 0 Å². The number of hydrogen-bond donors (Lipinski definition) is 2. The summed E-state index contributed by atoms with van der Waals surface area (Å²) in [6.45, 7) is 12.2. The average molecular weight is 339 g/mol. The summed E-state index contributed by atoms with van der Waals surface area (Å²) in [7, 11) is 0. The van der Waals surface area contributed by atoms with Crippen molar-refractivity contribution < 1.29 is 4.74 Å².